The molecule has 2 unspecified atom stereocenters. The molecule has 83 valence electrons. The van der Waals surface area contributed by atoms with E-state index in [2.05, 4.69) is 66.5 Å². The fourth-order valence-electron chi connectivity index (χ4n) is 1.72. The molecule has 1 aromatic carbocycles. The van der Waals surface area contributed by atoms with Gasteiger partial charge in [0.15, 0.2) is 0 Å². The molecule has 0 N–H and O–H groups in total. The van der Waals surface area contributed by atoms with E-state index in [1.807, 2.05) is 0 Å². The number of benzene rings is 1. The summed E-state index contributed by atoms with van der Waals surface area (Å²) in [5, 5.41) is 1.07. The molecule has 0 nitrogen and oxygen atoms in total. The highest BCUT2D eigenvalue weighted by atomic mass is 79.9. The van der Waals surface area contributed by atoms with E-state index in [0.29, 0.717) is 11.8 Å². The third-order valence-corrected chi connectivity index (χ3v) is 3.85. The van der Waals surface area contributed by atoms with Gasteiger partial charge in [0.05, 0.1) is 0 Å². The molecular formula is C14H20Br. The molecule has 0 saturated carbocycles. The topological polar surface area (TPSA) is 0 Å². The molecule has 0 aromatic heterocycles. The lowest BCUT2D eigenvalue weighted by atomic mass is 9.89. The molecular weight excluding hydrogens is 248 g/mol. The second kappa shape index (κ2) is 7.05. The van der Waals surface area contributed by atoms with Crippen molar-refractivity contribution >= 4 is 15.9 Å². The fraction of sp³-hybridized carbons (Fsp3) is 0.500. The van der Waals surface area contributed by atoms with Gasteiger partial charge in [-0.3, -0.25) is 0 Å². The number of alkyl halides is 1. The van der Waals surface area contributed by atoms with Crippen molar-refractivity contribution in [1.29, 1.82) is 0 Å². The zero-order valence-corrected chi connectivity index (χ0v) is 11.2. The second-order valence-electron chi connectivity index (χ2n) is 4.12. The summed E-state index contributed by atoms with van der Waals surface area (Å²) < 4.78 is 0. The van der Waals surface area contributed by atoms with Crippen molar-refractivity contribution < 1.29 is 0 Å². The van der Waals surface area contributed by atoms with E-state index in [-0.39, 0.29) is 0 Å². The summed E-state index contributed by atoms with van der Waals surface area (Å²) in [7, 11) is 0. The molecule has 1 heteroatoms. The van der Waals surface area contributed by atoms with Crippen LogP contribution in [0.2, 0.25) is 0 Å². The van der Waals surface area contributed by atoms with Crippen LogP contribution >= 0.6 is 15.9 Å². The smallest absolute Gasteiger partial charge is 0.00597 e. The van der Waals surface area contributed by atoms with E-state index in [1.165, 1.54) is 18.4 Å². The van der Waals surface area contributed by atoms with Crippen molar-refractivity contribution in [2.24, 2.45) is 5.92 Å². The van der Waals surface area contributed by atoms with Gasteiger partial charge in [0, 0.05) is 5.33 Å². The quantitative estimate of drug-likeness (QED) is 0.650. The minimum Gasteiger partial charge on any atom is -0.0925 e. The summed E-state index contributed by atoms with van der Waals surface area (Å²) in [6.07, 6.45) is 4.83. The number of hydrogen-bond acceptors (Lipinski definition) is 0. The maximum absolute atomic E-state index is 3.51. The second-order valence-corrected chi connectivity index (χ2v) is 4.77. The minimum atomic E-state index is 0.669. The van der Waals surface area contributed by atoms with E-state index >= 15 is 0 Å². The van der Waals surface area contributed by atoms with E-state index in [0.717, 1.165) is 5.33 Å². The van der Waals surface area contributed by atoms with Crippen molar-refractivity contribution in [3.63, 3.8) is 0 Å². The summed E-state index contributed by atoms with van der Waals surface area (Å²) in [5.74, 6) is 1.36. The predicted molar refractivity (Wildman–Crippen MR) is 71.3 cm³/mol. The van der Waals surface area contributed by atoms with Crippen LogP contribution in [0.3, 0.4) is 0 Å². The lowest BCUT2D eigenvalue weighted by molar-refractivity contribution is 0.601. The Morgan fingerprint density at radius 2 is 1.93 bits per heavy atom. The van der Waals surface area contributed by atoms with Crippen molar-refractivity contribution in [3.8, 4) is 0 Å². The summed E-state index contributed by atoms with van der Waals surface area (Å²) in [5.41, 5.74) is 1.47. The first-order chi connectivity index (χ1) is 7.27. The van der Waals surface area contributed by atoms with Crippen molar-refractivity contribution in [2.45, 2.75) is 32.6 Å². The Hall–Kier alpha value is -0.300. The largest absolute Gasteiger partial charge is 0.0925 e. The molecule has 1 radical (unpaired) electrons. The van der Waals surface area contributed by atoms with Crippen LogP contribution in [0.5, 0.6) is 0 Å². The number of halogens is 1. The lowest BCUT2D eigenvalue weighted by Gasteiger charge is -2.16. The fourth-order valence-corrected chi connectivity index (χ4v) is 1.99. The monoisotopic (exact) mass is 267 g/mol. The number of hydrogen-bond donors (Lipinski definition) is 0. The van der Waals surface area contributed by atoms with E-state index < -0.39 is 0 Å². The molecule has 0 fully saturated rings. The van der Waals surface area contributed by atoms with Crippen LogP contribution in [0.4, 0.5) is 0 Å². The van der Waals surface area contributed by atoms with Gasteiger partial charge in [-0.2, -0.15) is 0 Å². The summed E-state index contributed by atoms with van der Waals surface area (Å²) >= 11 is 3.51. The van der Waals surface area contributed by atoms with Crippen LogP contribution in [-0.4, -0.2) is 5.33 Å². The molecule has 0 aliphatic heterocycles. The molecule has 0 heterocycles. The molecule has 0 saturated heterocycles. The van der Waals surface area contributed by atoms with Crippen LogP contribution in [0.1, 0.15) is 38.2 Å². The van der Waals surface area contributed by atoms with Crippen LogP contribution in [0.25, 0.3) is 0 Å². The average molecular weight is 268 g/mol. The van der Waals surface area contributed by atoms with Crippen LogP contribution in [-0.2, 0) is 0 Å². The molecule has 0 aliphatic rings. The molecule has 0 aliphatic carbocycles. The highest BCUT2D eigenvalue weighted by Gasteiger charge is 2.10. The summed E-state index contributed by atoms with van der Waals surface area (Å²) in [6, 6.07) is 10.8. The highest BCUT2D eigenvalue weighted by molar-refractivity contribution is 9.09. The van der Waals surface area contributed by atoms with Gasteiger partial charge in [0.2, 0.25) is 0 Å². The predicted octanol–water partition coefficient (Wildman–Crippen LogP) is 4.81. The molecule has 15 heavy (non-hydrogen) atoms. The normalized spacial score (nSPS) is 14.9. The zero-order valence-electron chi connectivity index (χ0n) is 9.62. The van der Waals surface area contributed by atoms with Gasteiger partial charge in [0.25, 0.3) is 0 Å². The molecule has 0 bridgehead atoms. The summed E-state index contributed by atoms with van der Waals surface area (Å²) in [4.78, 5) is 0. The van der Waals surface area contributed by atoms with Gasteiger partial charge in [0.1, 0.15) is 0 Å². The Balaban J connectivity index is 2.50. The molecule has 1 rings (SSSR count). The van der Waals surface area contributed by atoms with Gasteiger partial charge < -0.3 is 0 Å². The van der Waals surface area contributed by atoms with Gasteiger partial charge in [-0.25, -0.2) is 0 Å². The SMILES string of the molecule is CCC(C[CH]C(C)CBr)c1ccccc1. The molecule has 0 spiro atoms. The number of rotatable bonds is 6. The zero-order chi connectivity index (χ0) is 11.1. The Morgan fingerprint density at radius 1 is 1.27 bits per heavy atom. The maximum atomic E-state index is 3.51. The van der Waals surface area contributed by atoms with Crippen LogP contribution in [0.15, 0.2) is 30.3 Å². The Labute approximate surface area is 102 Å². The Morgan fingerprint density at radius 3 is 2.47 bits per heavy atom. The third-order valence-electron chi connectivity index (χ3n) is 2.83. The van der Waals surface area contributed by atoms with Gasteiger partial charge in [-0.05, 0) is 36.7 Å². The van der Waals surface area contributed by atoms with Crippen molar-refractivity contribution in [1.82, 2.24) is 0 Å². The van der Waals surface area contributed by atoms with Crippen LogP contribution < -0.4 is 0 Å². The first kappa shape index (κ1) is 12.8. The van der Waals surface area contributed by atoms with E-state index in [1.54, 1.807) is 0 Å². The van der Waals surface area contributed by atoms with E-state index in [4.69, 9.17) is 0 Å². The van der Waals surface area contributed by atoms with Gasteiger partial charge in [-0.15, -0.1) is 0 Å². The standard InChI is InChI=1S/C14H20Br/c1-3-13(10-9-12(2)11-15)14-7-5-4-6-8-14/h4-9,12-13H,3,10-11H2,1-2H3. The Kier molecular flexibility index (Phi) is 6.00. The minimum absolute atomic E-state index is 0.669. The van der Waals surface area contributed by atoms with Crippen LogP contribution in [0, 0.1) is 12.3 Å². The van der Waals surface area contributed by atoms with E-state index in [9.17, 15) is 0 Å². The maximum Gasteiger partial charge on any atom is 0.00597 e. The molecule has 0 amide bonds. The molecule has 1 aromatic rings. The van der Waals surface area contributed by atoms with Crippen molar-refractivity contribution in [2.75, 3.05) is 5.33 Å². The Bertz CT molecular complexity index is 255. The highest BCUT2D eigenvalue weighted by Crippen LogP contribution is 2.26. The average Bonchev–Trinajstić information content (AvgIpc) is 2.31. The summed E-state index contributed by atoms with van der Waals surface area (Å²) in [6.45, 7) is 4.52. The molecule has 2 atom stereocenters. The first-order valence-electron chi connectivity index (χ1n) is 5.72. The first-order valence-corrected chi connectivity index (χ1v) is 6.84. The third kappa shape index (κ3) is 4.38. The van der Waals surface area contributed by atoms with Gasteiger partial charge >= 0.3 is 0 Å². The lowest BCUT2D eigenvalue weighted by Crippen LogP contribution is -2.03. The van der Waals surface area contributed by atoms with Gasteiger partial charge in [-0.1, -0.05) is 60.1 Å². The van der Waals surface area contributed by atoms with Crippen molar-refractivity contribution in [3.05, 3.63) is 42.3 Å².